The van der Waals surface area contributed by atoms with E-state index in [1.54, 1.807) is 5.32 Å². The molecule has 0 radical (unpaired) electrons. The van der Waals surface area contributed by atoms with Gasteiger partial charge in [0.2, 0.25) is 0 Å². The Kier molecular flexibility index (Phi) is 10.5. The Labute approximate surface area is 239 Å². The molecule has 43 heavy (non-hydrogen) atoms. The molecule has 0 aliphatic rings. The summed E-state index contributed by atoms with van der Waals surface area (Å²) in [6.07, 6.45) is -21.5. The number of benzene rings is 2. The highest BCUT2D eigenvalue weighted by molar-refractivity contribution is 7.91. The summed E-state index contributed by atoms with van der Waals surface area (Å²) in [5, 5.41) is 0.946. The zero-order chi connectivity index (χ0) is 33.3. The van der Waals surface area contributed by atoms with Crippen LogP contribution >= 0.6 is 11.6 Å². The first-order chi connectivity index (χ1) is 19.2. The van der Waals surface area contributed by atoms with E-state index in [4.69, 9.17) is 11.6 Å². The van der Waals surface area contributed by atoms with Gasteiger partial charge in [-0.15, -0.1) is 0 Å². The van der Waals surface area contributed by atoms with Crippen LogP contribution in [-0.4, -0.2) is 44.2 Å². The van der Waals surface area contributed by atoms with Crippen molar-refractivity contribution < 1.29 is 70.3 Å². The van der Waals surface area contributed by atoms with Crippen LogP contribution in [0.3, 0.4) is 0 Å². The lowest BCUT2D eigenvalue weighted by Gasteiger charge is -2.20. The van der Waals surface area contributed by atoms with Crippen LogP contribution in [-0.2, 0) is 22.2 Å². The van der Waals surface area contributed by atoms with Crippen LogP contribution in [0.1, 0.15) is 45.5 Å². The predicted molar refractivity (Wildman–Crippen MR) is 127 cm³/mol. The molecule has 2 aromatic rings. The van der Waals surface area contributed by atoms with Crippen LogP contribution in [0.15, 0.2) is 42.5 Å². The number of carbonyl (C=O) groups excluding carboxylic acids is 1. The van der Waals surface area contributed by atoms with Gasteiger partial charge in [0.25, 0.3) is 5.91 Å². The highest BCUT2D eigenvalue weighted by Gasteiger charge is 2.42. The van der Waals surface area contributed by atoms with E-state index in [9.17, 15) is 70.3 Å². The molecule has 0 saturated carbocycles. The molecule has 0 heterocycles. The number of alkyl halides is 12. The number of sulfone groups is 1. The summed E-state index contributed by atoms with van der Waals surface area (Å²) in [5.74, 6) is -10.4. The average molecular weight is 682 g/mol. The second kappa shape index (κ2) is 12.5. The maximum Gasteiger partial charge on any atom is 0.417 e. The summed E-state index contributed by atoms with van der Waals surface area (Å²) in [4.78, 5) is 12.4. The molecule has 2 aromatic carbocycles. The first-order valence-corrected chi connectivity index (χ1v) is 13.5. The summed E-state index contributed by atoms with van der Waals surface area (Å²) in [6, 6.07) is -0.232. The Hall–Kier alpha value is -3.02. The largest absolute Gasteiger partial charge is 0.417 e. The molecule has 4 nitrogen and oxygen atoms in total. The van der Waals surface area contributed by atoms with Gasteiger partial charge in [0.15, 0.2) is 9.84 Å². The van der Waals surface area contributed by atoms with E-state index in [0.29, 0.717) is 24.3 Å². The smallest absolute Gasteiger partial charge is 0.349 e. The van der Waals surface area contributed by atoms with Gasteiger partial charge in [0.1, 0.15) is 17.5 Å². The van der Waals surface area contributed by atoms with Gasteiger partial charge in [-0.1, -0.05) is 17.7 Å². The molecule has 0 aromatic heterocycles. The first-order valence-electron chi connectivity index (χ1n) is 11.3. The number of nitrogens with one attached hydrogen (secondary N) is 1. The molecular weight excluding hydrogens is 665 g/mol. The van der Waals surface area contributed by atoms with Crippen molar-refractivity contribution in [3.8, 4) is 0 Å². The van der Waals surface area contributed by atoms with Crippen LogP contribution in [0, 0.1) is 0 Å². The van der Waals surface area contributed by atoms with E-state index in [-0.39, 0.29) is 18.2 Å². The van der Waals surface area contributed by atoms with Gasteiger partial charge < -0.3 is 5.32 Å². The zero-order valence-electron chi connectivity index (χ0n) is 21.0. The van der Waals surface area contributed by atoms with E-state index in [0.717, 1.165) is 6.92 Å². The summed E-state index contributed by atoms with van der Waals surface area (Å²) >= 11 is 5.49. The van der Waals surface area contributed by atoms with Crippen molar-refractivity contribution >= 4 is 33.2 Å². The van der Waals surface area contributed by atoms with Crippen molar-refractivity contribution in [3.05, 3.63) is 75.3 Å². The van der Waals surface area contributed by atoms with Gasteiger partial charge in [-0.3, -0.25) is 4.79 Å². The minimum absolute atomic E-state index is 0.0263. The number of rotatable bonds is 8. The number of hydrogen-bond donors (Lipinski definition) is 1. The molecule has 0 saturated heterocycles. The van der Waals surface area contributed by atoms with E-state index >= 15 is 0 Å². The quantitative estimate of drug-likeness (QED) is 0.286. The van der Waals surface area contributed by atoms with Gasteiger partial charge in [0.05, 0.1) is 22.4 Å². The Morgan fingerprint density at radius 3 is 1.98 bits per heavy atom. The average Bonchev–Trinajstić information content (AvgIpc) is 2.77. The summed E-state index contributed by atoms with van der Waals surface area (Å²) in [7, 11) is -4.86. The molecule has 19 heteroatoms. The van der Waals surface area contributed by atoms with E-state index in [2.05, 4.69) is 0 Å². The highest BCUT2D eigenvalue weighted by Crippen LogP contribution is 2.42. The predicted octanol–water partition coefficient (Wildman–Crippen LogP) is 8.13. The summed E-state index contributed by atoms with van der Waals surface area (Å²) < 4.78 is 197. The van der Waals surface area contributed by atoms with Gasteiger partial charge in [-0.05, 0) is 48.9 Å². The van der Waals surface area contributed by atoms with Gasteiger partial charge in [-0.2, -0.15) is 52.7 Å². The summed E-state index contributed by atoms with van der Waals surface area (Å²) in [5.41, 5.74) is -7.21. The number of halogens is 14. The molecule has 0 aliphatic carbocycles. The van der Waals surface area contributed by atoms with Crippen molar-refractivity contribution in [1.29, 1.82) is 0 Å². The fourth-order valence-corrected chi connectivity index (χ4v) is 5.44. The van der Waals surface area contributed by atoms with E-state index < -0.39 is 103 Å². The lowest BCUT2D eigenvalue weighted by Crippen LogP contribution is -2.40. The molecule has 1 amide bonds. The van der Waals surface area contributed by atoms with Crippen molar-refractivity contribution in [1.82, 2.24) is 5.32 Å². The SMILES string of the molecule is C[C@H](CS(=O)(=O)CC(F)(F)F)NC(=O)c1ccc(/C(F)=C/C(c2cc(Cl)cc(C(F)(F)F)c2)C(F)(F)F)cc1C(F)(F)F. The molecule has 0 spiro atoms. The molecule has 0 fully saturated rings. The van der Waals surface area contributed by atoms with Crippen LogP contribution in [0.5, 0.6) is 0 Å². The van der Waals surface area contributed by atoms with Gasteiger partial charge >= 0.3 is 24.7 Å². The molecule has 1 N–H and O–H groups in total. The second-order valence-corrected chi connectivity index (χ2v) is 11.7. The monoisotopic (exact) mass is 681 g/mol. The van der Waals surface area contributed by atoms with Crippen molar-refractivity contribution in [3.63, 3.8) is 0 Å². The Morgan fingerprint density at radius 1 is 0.907 bits per heavy atom. The van der Waals surface area contributed by atoms with Crippen molar-refractivity contribution in [2.24, 2.45) is 0 Å². The van der Waals surface area contributed by atoms with Crippen molar-refractivity contribution in [2.75, 3.05) is 11.5 Å². The van der Waals surface area contributed by atoms with Crippen LogP contribution in [0.2, 0.25) is 5.02 Å². The maximum absolute atomic E-state index is 14.9. The van der Waals surface area contributed by atoms with Gasteiger partial charge in [0, 0.05) is 16.6 Å². The van der Waals surface area contributed by atoms with Crippen LogP contribution in [0.4, 0.5) is 57.1 Å². The molecule has 0 aliphatic heterocycles. The molecular formula is C24H17ClF13NO3S. The standard InChI is InChI=1S/C24H17ClF13NO3S/c1-11(9-43(41,42)10-21(27,28)29)39-20(40)16-3-2-12(6-18(16)24(36,37)38)19(26)8-17(23(33,34)35)13-4-14(22(30,31)32)7-15(25)5-13/h2-8,11,17H,9-10H2,1H3,(H,39,40)/b19-8-/t11-,17?/m1/s1. The molecule has 240 valence electrons. The number of amides is 1. The number of carbonyl (C=O) groups is 1. The Bertz CT molecular complexity index is 1480. The minimum atomic E-state index is -5.47. The number of hydrogen-bond acceptors (Lipinski definition) is 3. The lowest BCUT2D eigenvalue weighted by molar-refractivity contribution is -0.142. The molecule has 2 atom stereocenters. The summed E-state index contributed by atoms with van der Waals surface area (Å²) in [6.45, 7) is 0.868. The minimum Gasteiger partial charge on any atom is -0.349 e. The fourth-order valence-electron chi connectivity index (χ4n) is 3.74. The van der Waals surface area contributed by atoms with Crippen LogP contribution in [0.25, 0.3) is 5.83 Å². The van der Waals surface area contributed by atoms with E-state index in [1.807, 2.05) is 0 Å². The van der Waals surface area contributed by atoms with Crippen LogP contribution < -0.4 is 5.32 Å². The molecule has 0 bridgehead atoms. The molecule has 1 unspecified atom stereocenters. The molecule has 2 rings (SSSR count). The normalized spacial score (nSPS) is 15.3. The Morgan fingerprint density at radius 2 is 1.49 bits per heavy atom. The van der Waals surface area contributed by atoms with Crippen molar-refractivity contribution in [2.45, 2.75) is 43.6 Å². The topological polar surface area (TPSA) is 63.2 Å². The maximum atomic E-state index is 14.9. The fraction of sp³-hybridized carbons (Fsp3) is 0.375. The third kappa shape index (κ3) is 10.6. The number of allylic oxidation sites excluding steroid dienone is 1. The third-order valence-corrected chi connectivity index (χ3v) is 7.38. The van der Waals surface area contributed by atoms with E-state index in [1.165, 1.54) is 0 Å². The second-order valence-electron chi connectivity index (χ2n) is 9.11. The highest BCUT2D eigenvalue weighted by atomic mass is 35.5. The zero-order valence-corrected chi connectivity index (χ0v) is 22.6. The first kappa shape index (κ1) is 36.2. The Balaban J connectivity index is 2.50. The van der Waals surface area contributed by atoms with Gasteiger partial charge in [-0.25, -0.2) is 12.8 Å². The lowest BCUT2D eigenvalue weighted by atomic mass is 9.94. The third-order valence-electron chi connectivity index (χ3n) is 5.38.